The van der Waals surface area contributed by atoms with Crippen LogP contribution in [0.2, 0.25) is 0 Å². The van der Waals surface area contributed by atoms with Gasteiger partial charge in [-0.05, 0) is 86.8 Å². The van der Waals surface area contributed by atoms with E-state index in [1.165, 1.54) is 50.0 Å². The Morgan fingerprint density at radius 2 is 1.08 bits per heavy atom. The molecule has 8 aromatic carbocycles. The molecule has 1 aliphatic rings. The summed E-state index contributed by atoms with van der Waals surface area (Å²) in [6.07, 6.45) is 0. The maximum Gasteiger partial charge on any atom is 0.143 e. The van der Waals surface area contributed by atoms with Crippen LogP contribution >= 0.6 is 0 Å². The molecule has 2 nitrogen and oxygen atoms in total. The summed E-state index contributed by atoms with van der Waals surface area (Å²) in [5.41, 5.74) is 15.2. The predicted octanol–water partition coefficient (Wildman–Crippen LogP) is 13.8. The maximum absolute atomic E-state index is 6.53. The Labute approximate surface area is 297 Å². The van der Waals surface area contributed by atoms with Crippen LogP contribution in [-0.2, 0) is 5.41 Å². The number of anilines is 3. The molecule has 0 unspecified atom stereocenters. The van der Waals surface area contributed by atoms with E-state index in [0.717, 1.165) is 44.3 Å². The Morgan fingerprint density at radius 3 is 1.88 bits per heavy atom. The van der Waals surface area contributed by atoms with E-state index in [2.05, 4.69) is 189 Å². The van der Waals surface area contributed by atoms with Crippen molar-refractivity contribution in [2.75, 3.05) is 4.90 Å². The SMILES string of the molecule is CC1(C)c2ccccc2-c2c(N(c3ccc(-c4ccccc4)cc3)c3ccc(-c4cccc5ccc6c7ccccc7oc6c45)cc3)cccc21. The summed E-state index contributed by atoms with van der Waals surface area (Å²) in [4.78, 5) is 2.43. The van der Waals surface area contributed by atoms with Crippen molar-refractivity contribution in [1.29, 1.82) is 0 Å². The van der Waals surface area contributed by atoms with Gasteiger partial charge in [0, 0.05) is 38.5 Å². The number of furan rings is 1. The zero-order valence-corrected chi connectivity index (χ0v) is 28.6. The summed E-state index contributed by atoms with van der Waals surface area (Å²) in [6, 6.07) is 63.6. The van der Waals surface area contributed by atoms with E-state index in [1.807, 2.05) is 6.07 Å². The average molecular weight is 654 g/mol. The molecule has 0 spiro atoms. The molecule has 9 aromatic rings. The zero-order chi connectivity index (χ0) is 34.1. The van der Waals surface area contributed by atoms with Gasteiger partial charge in [0.05, 0.1) is 5.69 Å². The van der Waals surface area contributed by atoms with Gasteiger partial charge >= 0.3 is 0 Å². The van der Waals surface area contributed by atoms with Crippen molar-refractivity contribution >= 4 is 49.8 Å². The van der Waals surface area contributed by atoms with Gasteiger partial charge in [-0.25, -0.2) is 0 Å². The Kier molecular flexibility index (Phi) is 6.56. The van der Waals surface area contributed by atoms with Gasteiger partial charge in [-0.15, -0.1) is 0 Å². The van der Waals surface area contributed by atoms with Crippen molar-refractivity contribution in [2.45, 2.75) is 19.3 Å². The van der Waals surface area contributed by atoms with E-state index in [9.17, 15) is 0 Å². The Morgan fingerprint density at radius 1 is 0.451 bits per heavy atom. The predicted molar refractivity (Wildman–Crippen MR) is 214 cm³/mol. The molecule has 1 aliphatic carbocycles. The Bertz CT molecular complexity index is 2750. The fraction of sp³-hybridized carbons (Fsp3) is 0.0612. The number of hydrogen-bond acceptors (Lipinski definition) is 2. The van der Waals surface area contributed by atoms with E-state index in [-0.39, 0.29) is 5.41 Å². The largest absolute Gasteiger partial charge is 0.455 e. The fourth-order valence-corrected chi connectivity index (χ4v) is 8.37. The van der Waals surface area contributed by atoms with Crippen LogP contribution in [0.3, 0.4) is 0 Å². The minimum absolute atomic E-state index is 0.0923. The molecule has 51 heavy (non-hydrogen) atoms. The van der Waals surface area contributed by atoms with Crippen molar-refractivity contribution < 1.29 is 4.42 Å². The molecule has 2 heteroatoms. The molecule has 0 N–H and O–H groups in total. The molecule has 242 valence electrons. The van der Waals surface area contributed by atoms with Crippen LogP contribution < -0.4 is 4.90 Å². The van der Waals surface area contributed by atoms with Gasteiger partial charge in [0.15, 0.2) is 0 Å². The number of fused-ring (bicyclic) bond motifs is 8. The van der Waals surface area contributed by atoms with Gasteiger partial charge < -0.3 is 9.32 Å². The van der Waals surface area contributed by atoms with E-state index in [4.69, 9.17) is 4.42 Å². The summed E-state index contributed by atoms with van der Waals surface area (Å²) < 4.78 is 6.53. The van der Waals surface area contributed by atoms with E-state index in [1.54, 1.807) is 0 Å². The average Bonchev–Trinajstić information content (AvgIpc) is 3.68. The molecule has 0 bridgehead atoms. The first kappa shape index (κ1) is 29.5. The lowest BCUT2D eigenvalue weighted by atomic mass is 9.82. The second kappa shape index (κ2) is 11.3. The second-order valence-corrected chi connectivity index (χ2v) is 14.1. The van der Waals surface area contributed by atoms with Crippen LogP contribution in [0.25, 0.3) is 66.1 Å². The maximum atomic E-state index is 6.53. The lowest BCUT2D eigenvalue weighted by Crippen LogP contribution is -2.16. The molecule has 0 atom stereocenters. The smallest absolute Gasteiger partial charge is 0.143 e. The van der Waals surface area contributed by atoms with Crippen molar-refractivity contribution in [3.63, 3.8) is 0 Å². The summed E-state index contributed by atoms with van der Waals surface area (Å²) in [5.74, 6) is 0. The lowest BCUT2D eigenvalue weighted by molar-refractivity contribution is 0.660. The van der Waals surface area contributed by atoms with Gasteiger partial charge in [-0.3, -0.25) is 0 Å². The zero-order valence-electron chi connectivity index (χ0n) is 28.6. The number of hydrogen-bond donors (Lipinski definition) is 0. The highest BCUT2D eigenvalue weighted by molar-refractivity contribution is 6.19. The molecular weight excluding hydrogens is 619 g/mol. The Balaban J connectivity index is 1.15. The molecular formula is C49H35NO. The monoisotopic (exact) mass is 653 g/mol. The van der Waals surface area contributed by atoms with Gasteiger partial charge in [0.1, 0.15) is 11.2 Å². The number of rotatable bonds is 5. The van der Waals surface area contributed by atoms with Crippen LogP contribution in [0, 0.1) is 0 Å². The molecule has 0 saturated carbocycles. The Hall–Kier alpha value is -6.38. The first-order chi connectivity index (χ1) is 25.1. The van der Waals surface area contributed by atoms with Crippen LogP contribution in [0.4, 0.5) is 17.1 Å². The first-order valence-corrected chi connectivity index (χ1v) is 17.7. The van der Waals surface area contributed by atoms with Gasteiger partial charge in [-0.2, -0.15) is 0 Å². The molecule has 0 radical (unpaired) electrons. The number of benzene rings is 8. The van der Waals surface area contributed by atoms with Crippen molar-refractivity contribution in [2.24, 2.45) is 0 Å². The molecule has 1 aromatic heterocycles. The summed E-state index contributed by atoms with van der Waals surface area (Å²) in [5, 5.41) is 4.61. The van der Waals surface area contributed by atoms with Gasteiger partial charge in [0.25, 0.3) is 0 Å². The molecule has 0 saturated heterocycles. The first-order valence-electron chi connectivity index (χ1n) is 17.7. The highest BCUT2D eigenvalue weighted by Crippen LogP contribution is 2.54. The molecule has 1 heterocycles. The molecule has 0 amide bonds. The third-order valence-electron chi connectivity index (χ3n) is 10.9. The lowest BCUT2D eigenvalue weighted by Gasteiger charge is -2.29. The normalized spacial score (nSPS) is 13.1. The third kappa shape index (κ3) is 4.57. The van der Waals surface area contributed by atoms with Crippen molar-refractivity contribution in [3.05, 3.63) is 187 Å². The molecule has 0 fully saturated rings. The highest BCUT2D eigenvalue weighted by Gasteiger charge is 2.37. The fourth-order valence-electron chi connectivity index (χ4n) is 8.37. The van der Waals surface area contributed by atoms with Gasteiger partial charge in [-0.1, -0.05) is 147 Å². The third-order valence-corrected chi connectivity index (χ3v) is 10.9. The summed E-state index contributed by atoms with van der Waals surface area (Å²) >= 11 is 0. The number of nitrogens with zero attached hydrogens (tertiary/aromatic N) is 1. The van der Waals surface area contributed by atoms with Crippen LogP contribution in [-0.4, -0.2) is 0 Å². The van der Waals surface area contributed by atoms with E-state index < -0.39 is 0 Å². The molecule has 10 rings (SSSR count). The van der Waals surface area contributed by atoms with Crippen LogP contribution in [0.5, 0.6) is 0 Å². The van der Waals surface area contributed by atoms with Crippen LogP contribution in [0.1, 0.15) is 25.0 Å². The van der Waals surface area contributed by atoms with Crippen molar-refractivity contribution in [3.8, 4) is 33.4 Å². The standard InChI is InChI=1S/C49H35NO/c1-49(2)42-18-8-6-16-41(42)47-43(49)19-11-20-44(47)50(36-27-22-33(23-28-36)32-12-4-3-5-13-32)37-29-24-34(25-30-37)38-17-10-14-35-26-31-40-39-15-7-9-21-45(39)51-48(40)46(35)38/h3-31H,1-2H3. The highest BCUT2D eigenvalue weighted by atomic mass is 16.3. The minimum atomic E-state index is -0.0923. The van der Waals surface area contributed by atoms with E-state index in [0.29, 0.717) is 0 Å². The topological polar surface area (TPSA) is 16.4 Å². The minimum Gasteiger partial charge on any atom is -0.455 e. The van der Waals surface area contributed by atoms with Crippen molar-refractivity contribution in [1.82, 2.24) is 0 Å². The second-order valence-electron chi connectivity index (χ2n) is 14.1. The van der Waals surface area contributed by atoms with Crippen LogP contribution in [0.15, 0.2) is 180 Å². The quantitative estimate of drug-likeness (QED) is 0.184. The molecule has 0 aliphatic heterocycles. The van der Waals surface area contributed by atoms with Gasteiger partial charge in [0.2, 0.25) is 0 Å². The number of para-hydroxylation sites is 1. The summed E-state index contributed by atoms with van der Waals surface area (Å²) in [7, 11) is 0. The summed E-state index contributed by atoms with van der Waals surface area (Å²) in [6.45, 7) is 4.69. The van der Waals surface area contributed by atoms with E-state index >= 15 is 0 Å².